The summed E-state index contributed by atoms with van der Waals surface area (Å²) in [5, 5.41) is 28.0. The van der Waals surface area contributed by atoms with Crippen LogP contribution < -0.4 is 20.6 Å². The van der Waals surface area contributed by atoms with Crippen LogP contribution in [-0.2, 0) is 9.59 Å². The van der Waals surface area contributed by atoms with Gasteiger partial charge >= 0.3 is 11.8 Å². The third-order valence-corrected chi connectivity index (χ3v) is 3.35. The average Bonchev–Trinajstić information content (AvgIpc) is 2.68. The molecule has 0 radical (unpaired) electrons. The Bertz CT molecular complexity index is 895. The quantitative estimate of drug-likeness (QED) is 0.320. The molecule has 0 aliphatic carbocycles. The van der Waals surface area contributed by atoms with Gasteiger partial charge in [-0.2, -0.15) is 5.10 Å². The summed E-state index contributed by atoms with van der Waals surface area (Å²) in [4.78, 5) is 33.5. The Morgan fingerprint density at radius 2 is 1.89 bits per heavy atom. The summed E-state index contributed by atoms with van der Waals surface area (Å²) in [7, 11) is 0. The van der Waals surface area contributed by atoms with Gasteiger partial charge in [0.05, 0.1) is 17.7 Å². The fourth-order valence-electron chi connectivity index (χ4n) is 2.02. The van der Waals surface area contributed by atoms with Crippen molar-refractivity contribution in [2.45, 2.75) is 13.3 Å². The monoisotopic (exact) mass is 385 g/mol. The Hall–Kier alpha value is -3.95. The number of hydrogen-bond acceptors (Lipinski definition) is 7. The van der Waals surface area contributed by atoms with E-state index in [4.69, 9.17) is 4.74 Å². The zero-order valence-corrected chi connectivity index (χ0v) is 14.9. The van der Waals surface area contributed by atoms with E-state index in [2.05, 4.69) is 10.4 Å². The molecule has 0 saturated heterocycles. The lowest BCUT2D eigenvalue weighted by Gasteiger charge is -2.07. The number of nitrogens with zero attached hydrogens (tertiary/aromatic N) is 2. The van der Waals surface area contributed by atoms with E-state index in [1.165, 1.54) is 6.07 Å². The van der Waals surface area contributed by atoms with Crippen molar-refractivity contribution >= 4 is 29.4 Å². The third kappa shape index (κ3) is 5.80. The molecule has 28 heavy (non-hydrogen) atoms. The van der Waals surface area contributed by atoms with Crippen LogP contribution in [0.4, 0.5) is 11.4 Å². The van der Waals surface area contributed by atoms with E-state index in [0.29, 0.717) is 18.0 Å². The van der Waals surface area contributed by atoms with Crippen molar-refractivity contribution in [2.24, 2.45) is 5.10 Å². The lowest BCUT2D eigenvalue weighted by Crippen LogP contribution is -2.32. The Balaban J connectivity index is 1.90. The highest BCUT2D eigenvalue weighted by molar-refractivity contribution is 6.39. The molecule has 2 aromatic rings. The van der Waals surface area contributed by atoms with Crippen molar-refractivity contribution in [2.75, 3.05) is 11.9 Å². The molecule has 2 aromatic carbocycles. The van der Waals surface area contributed by atoms with Crippen LogP contribution in [0.25, 0.3) is 0 Å². The molecular formula is C18H17N4O6-. The smallest absolute Gasteiger partial charge is 0.329 e. The highest BCUT2D eigenvalue weighted by atomic mass is 16.6. The molecule has 2 rings (SSSR count). The van der Waals surface area contributed by atoms with Crippen LogP contribution in [0.3, 0.4) is 0 Å². The van der Waals surface area contributed by atoms with E-state index < -0.39 is 28.2 Å². The molecule has 10 heteroatoms. The van der Waals surface area contributed by atoms with Crippen LogP contribution in [0.1, 0.15) is 18.9 Å². The number of nitro benzene ring substituents is 1. The van der Waals surface area contributed by atoms with Gasteiger partial charge in [0.15, 0.2) is 0 Å². The second-order valence-electron chi connectivity index (χ2n) is 5.51. The van der Waals surface area contributed by atoms with Crippen molar-refractivity contribution in [3.05, 3.63) is 58.1 Å². The van der Waals surface area contributed by atoms with E-state index >= 15 is 0 Å². The van der Waals surface area contributed by atoms with Crippen LogP contribution >= 0.6 is 0 Å². The molecule has 0 bridgehead atoms. The van der Waals surface area contributed by atoms with Gasteiger partial charge in [-0.3, -0.25) is 19.7 Å². The number of hydrogen-bond donors (Lipinski definition) is 2. The van der Waals surface area contributed by atoms with Gasteiger partial charge in [-0.15, -0.1) is 0 Å². The molecule has 2 N–H and O–H groups in total. The summed E-state index contributed by atoms with van der Waals surface area (Å²) >= 11 is 0. The first-order valence-electron chi connectivity index (χ1n) is 8.23. The molecule has 0 fully saturated rings. The van der Waals surface area contributed by atoms with Gasteiger partial charge in [-0.25, -0.2) is 5.43 Å². The van der Waals surface area contributed by atoms with Crippen LogP contribution in [0.15, 0.2) is 47.6 Å². The minimum absolute atomic E-state index is 0.217. The van der Waals surface area contributed by atoms with Gasteiger partial charge in [-0.1, -0.05) is 19.1 Å². The molecule has 146 valence electrons. The van der Waals surface area contributed by atoms with Crippen molar-refractivity contribution < 1.29 is 24.4 Å². The highest BCUT2D eigenvalue weighted by Crippen LogP contribution is 2.22. The number of nitrogens with one attached hydrogen (secondary N) is 2. The molecule has 0 heterocycles. The summed E-state index contributed by atoms with van der Waals surface area (Å²) in [5.74, 6) is -2.07. The molecule has 2 amide bonds. The van der Waals surface area contributed by atoms with Gasteiger partial charge in [0.1, 0.15) is 5.75 Å². The summed E-state index contributed by atoms with van der Waals surface area (Å²) in [6.07, 6.45) is 1.95. The number of nitro groups is 1. The Morgan fingerprint density at radius 1 is 1.18 bits per heavy atom. The molecule has 0 saturated carbocycles. The predicted octanol–water partition coefficient (Wildman–Crippen LogP) is 1.55. The number of carbonyl (C=O) groups is 2. The lowest BCUT2D eigenvalue weighted by molar-refractivity contribution is -0.398. The maximum atomic E-state index is 11.8. The molecule has 0 aliphatic rings. The summed E-state index contributed by atoms with van der Waals surface area (Å²) in [6.45, 7) is 2.56. The predicted molar refractivity (Wildman–Crippen MR) is 99.1 cm³/mol. The molecular weight excluding hydrogens is 368 g/mol. The van der Waals surface area contributed by atoms with Crippen LogP contribution in [0.2, 0.25) is 0 Å². The lowest BCUT2D eigenvalue weighted by atomic mass is 10.2. The first kappa shape index (κ1) is 20.4. The van der Waals surface area contributed by atoms with Crippen molar-refractivity contribution in [3.8, 4) is 11.5 Å². The van der Waals surface area contributed by atoms with E-state index in [1.807, 2.05) is 12.3 Å². The topological polar surface area (TPSA) is 146 Å². The Kier molecular flexibility index (Phi) is 7.03. The Morgan fingerprint density at radius 3 is 2.54 bits per heavy atom. The minimum Gasteiger partial charge on any atom is -0.868 e. The second-order valence-corrected chi connectivity index (χ2v) is 5.51. The van der Waals surface area contributed by atoms with Gasteiger partial charge in [-0.05, 0) is 36.4 Å². The molecule has 10 nitrogen and oxygen atoms in total. The molecule has 0 spiro atoms. The maximum absolute atomic E-state index is 11.8. The van der Waals surface area contributed by atoms with Gasteiger partial charge in [0.2, 0.25) is 0 Å². The van der Waals surface area contributed by atoms with Gasteiger partial charge < -0.3 is 15.2 Å². The zero-order chi connectivity index (χ0) is 20.5. The van der Waals surface area contributed by atoms with E-state index in [1.54, 1.807) is 24.3 Å². The normalized spacial score (nSPS) is 10.5. The summed E-state index contributed by atoms with van der Waals surface area (Å²) in [6, 6.07) is 9.82. The van der Waals surface area contributed by atoms with Gasteiger partial charge in [0, 0.05) is 17.3 Å². The fraction of sp³-hybridized carbons (Fsp3) is 0.167. The standard InChI is InChI=1S/C18H18N4O6/c1-2-9-28-14-6-4-13(5-7-14)20-17(24)18(25)21-19-11-12-3-8-16(23)15(10-12)22(26)27/h3-8,10-11,23H,2,9H2,1H3,(H,20,24)(H,21,25)/p-1/b19-11-. The molecule has 0 aromatic heterocycles. The molecule has 0 atom stereocenters. The number of carbonyl (C=O) groups excluding carboxylic acids is 2. The minimum atomic E-state index is -1.03. The van der Waals surface area contributed by atoms with Crippen molar-refractivity contribution in [3.63, 3.8) is 0 Å². The largest absolute Gasteiger partial charge is 0.868 e. The maximum Gasteiger partial charge on any atom is 0.329 e. The SMILES string of the molecule is CCCOc1ccc(NC(=O)C(=O)N/N=C\c2ccc([O-])c([N+](=O)[O-])c2)cc1. The first-order valence-corrected chi connectivity index (χ1v) is 8.23. The average molecular weight is 385 g/mol. The van der Waals surface area contributed by atoms with E-state index in [9.17, 15) is 24.8 Å². The number of ether oxygens (including phenoxy) is 1. The summed E-state index contributed by atoms with van der Waals surface area (Å²) in [5.41, 5.74) is 2.00. The molecule has 0 unspecified atom stereocenters. The Labute approximate surface area is 160 Å². The number of anilines is 1. The second kappa shape index (κ2) is 9.67. The number of hydrazone groups is 1. The van der Waals surface area contributed by atoms with Crippen LogP contribution in [-0.4, -0.2) is 29.6 Å². The zero-order valence-electron chi connectivity index (χ0n) is 14.9. The first-order chi connectivity index (χ1) is 13.4. The highest BCUT2D eigenvalue weighted by Gasteiger charge is 2.13. The van der Waals surface area contributed by atoms with Crippen molar-refractivity contribution in [1.82, 2.24) is 5.43 Å². The molecule has 0 aliphatic heterocycles. The summed E-state index contributed by atoms with van der Waals surface area (Å²) < 4.78 is 5.42. The third-order valence-electron chi connectivity index (χ3n) is 3.35. The number of benzene rings is 2. The van der Waals surface area contributed by atoms with Crippen LogP contribution in [0.5, 0.6) is 11.5 Å². The van der Waals surface area contributed by atoms with Gasteiger partial charge in [0.25, 0.3) is 5.69 Å². The van der Waals surface area contributed by atoms with Crippen molar-refractivity contribution in [1.29, 1.82) is 0 Å². The van der Waals surface area contributed by atoms with Crippen LogP contribution in [0, 0.1) is 10.1 Å². The number of amides is 2. The van der Waals surface area contributed by atoms with E-state index in [0.717, 1.165) is 24.8 Å². The number of rotatable bonds is 7. The fourth-order valence-corrected chi connectivity index (χ4v) is 2.02. The van der Waals surface area contributed by atoms with E-state index in [-0.39, 0.29) is 5.56 Å².